The summed E-state index contributed by atoms with van der Waals surface area (Å²) in [5.74, 6) is 0.0650. The molecule has 1 aliphatic heterocycles. The molecule has 1 saturated heterocycles. The fourth-order valence-electron chi connectivity index (χ4n) is 3.56. The summed E-state index contributed by atoms with van der Waals surface area (Å²) in [6, 6.07) is 6.19. The molecule has 0 bridgehead atoms. The van der Waals surface area contributed by atoms with E-state index >= 15 is 0 Å². The highest BCUT2D eigenvalue weighted by Gasteiger charge is 2.23. The van der Waals surface area contributed by atoms with Crippen LogP contribution in [0.5, 0.6) is 0 Å². The SMILES string of the molecule is Cl.Cn1ccc2c(Nc3cc(Cl)ccc3F)ncc(C(=O)N3CCCCC3)c21. The van der Waals surface area contributed by atoms with E-state index in [-0.39, 0.29) is 24.0 Å². The molecule has 1 N–H and O–H groups in total. The minimum Gasteiger partial charge on any atom is -0.350 e. The van der Waals surface area contributed by atoms with Gasteiger partial charge in [-0.25, -0.2) is 9.37 Å². The fraction of sp³-hybridized carbons (Fsp3) is 0.300. The number of anilines is 2. The summed E-state index contributed by atoms with van der Waals surface area (Å²) >= 11 is 5.98. The maximum atomic E-state index is 14.1. The Morgan fingerprint density at radius 3 is 2.71 bits per heavy atom. The van der Waals surface area contributed by atoms with Crippen LogP contribution in [-0.2, 0) is 7.05 Å². The molecular formula is C20H21Cl2FN4O. The number of rotatable bonds is 3. The van der Waals surface area contributed by atoms with Crippen molar-refractivity contribution in [3.05, 3.63) is 53.1 Å². The highest BCUT2D eigenvalue weighted by Crippen LogP contribution is 2.30. The quantitative estimate of drug-likeness (QED) is 0.634. The van der Waals surface area contributed by atoms with Crippen LogP contribution in [0.3, 0.4) is 0 Å². The second-order valence-electron chi connectivity index (χ2n) is 6.81. The Morgan fingerprint density at radius 2 is 1.96 bits per heavy atom. The molecule has 148 valence electrons. The number of amides is 1. The maximum absolute atomic E-state index is 14.1. The number of pyridine rings is 1. The van der Waals surface area contributed by atoms with Gasteiger partial charge in [0.15, 0.2) is 0 Å². The van der Waals surface area contributed by atoms with Gasteiger partial charge in [0, 0.05) is 42.9 Å². The molecule has 28 heavy (non-hydrogen) atoms. The molecule has 4 rings (SSSR count). The van der Waals surface area contributed by atoms with E-state index in [4.69, 9.17) is 11.6 Å². The van der Waals surface area contributed by atoms with Crippen LogP contribution in [0.4, 0.5) is 15.9 Å². The highest BCUT2D eigenvalue weighted by atomic mass is 35.5. The standard InChI is InChI=1S/C20H20ClFN4O.ClH/c1-25-10-7-14-18(25)15(20(27)26-8-3-2-4-9-26)12-23-19(14)24-17-11-13(21)5-6-16(17)22;/h5-7,10-12H,2-4,8-9H2,1H3,(H,23,24);1H. The molecule has 1 aliphatic rings. The topological polar surface area (TPSA) is 50.2 Å². The first kappa shape index (κ1) is 20.4. The number of piperidine rings is 1. The normalized spacial score (nSPS) is 14.0. The lowest BCUT2D eigenvalue weighted by atomic mass is 10.1. The van der Waals surface area contributed by atoms with Gasteiger partial charge in [-0.15, -0.1) is 12.4 Å². The van der Waals surface area contributed by atoms with Gasteiger partial charge >= 0.3 is 0 Å². The van der Waals surface area contributed by atoms with Crippen LogP contribution in [0.15, 0.2) is 36.7 Å². The molecule has 3 aromatic rings. The minimum atomic E-state index is -0.418. The number of likely N-dealkylation sites (tertiary alicyclic amines) is 1. The average Bonchev–Trinajstić information content (AvgIpc) is 3.07. The first-order valence-electron chi connectivity index (χ1n) is 9.00. The van der Waals surface area contributed by atoms with Gasteiger partial charge in [0.2, 0.25) is 0 Å². The molecule has 1 amide bonds. The number of halogens is 3. The molecule has 5 nitrogen and oxygen atoms in total. The molecule has 0 atom stereocenters. The Kier molecular flexibility index (Phi) is 6.10. The summed E-state index contributed by atoms with van der Waals surface area (Å²) in [6.07, 6.45) is 6.67. The molecule has 0 saturated carbocycles. The largest absolute Gasteiger partial charge is 0.350 e. The molecule has 0 radical (unpaired) electrons. The first-order valence-corrected chi connectivity index (χ1v) is 9.38. The fourth-order valence-corrected chi connectivity index (χ4v) is 3.73. The van der Waals surface area contributed by atoms with Crippen molar-refractivity contribution in [3.63, 3.8) is 0 Å². The van der Waals surface area contributed by atoms with Gasteiger partial charge in [0.25, 0.3) is 5.91 Å². The molecule has 0 spiro atoms. The van der Waals surface area contributed by atoms with Gasteiger partial charge in [-0.2, -0.15) is 0 Å². The summed E-state index contributed by atoms with van der Waals surface area (Å²) in [6.45, 7) is 1.55. The van der Waals surface area contributed by atoms with Gasteiger partial charge in [0.05, 0.1) is 16.8 Å². The summed E-state index contributed by atoms with van der Waals surface area (Å²) in [7, 11) is 1.89. The van der Waals surface area contributed by atoms with Gasteiger partial charge in [-0.1, -0.05) is 11.6 Å². The Labute approximate surface area is 173 Å². The van der Waals surface area contributed by atoms with Gasteiger partial charge in [-0.3, -0.25) is 4.79 Å². The number of hydrogen-bond donors (Lipinski definition) is 1. The number of aromatic nitrogens is 2. The third-order valence-electron chi connectivity index (χ3n) is 4.96. The molecular weight excluding hydrogens is 402 g/mol. The molecule has 0 unspecified atom stereocenters. The number of aryl methyl sites for hydroxylation is 1. The zero-order chi connectivity index (χ0) is 19.0. The third-order valence-corrected chi connectivity index (χ3v) is 5.20. The lowest BCUT2D eigenvalue weighted by Crippen LogP contribution is -2.35. The van der Waals surface area contributed by atoms with Gasteiger partial charge in [0.1, 0.15) is 11.6 Å². The second kappa shape index (κ2) is 8.37. The number of carbonyl (C=O) groups is 1. The Hall–Kier alpha value is -2.31. The van der Waals surface area contributed by atoms with Crippen molar-refractivity contribution in [2.24, 2.45) is 7.05 Å². The smallest absolute Gasteiger partial charge is 0.257 e. The van der Waals surface area contributed by atoms with E-state index in [0.717, 1.165) is 43.3 Å². The predicted molar refractivity (Wildman–Crippen MR) is 112 cm³/mol. The predicted octanol–water partition coefficient (Wildman–Crippen LogP) is 5.16. The van der Waals surface area contributed by atoms with Crippen LogP contribution in [0.25, 0.3) is 10.9 Å². The van der Waals surface area contributed by atoms with Crippen LogP contribution in [0.1, 0.15) is 29.6 Å². The molecule has 2 aromatic heterocycles. The Bertz CT molecular complexity index is 1010. The summed E-state index contributed by atoms with van der Waals surface area (Å²) in [4.78, 5) is 19.3. The van der Waals surface area contributed by atoms with E-state index in [1.54, 1.807) is 6.20 Å². The van der Waals surface area contributed by atoms with E-state index in [1.807, 2.05) is 28.8 Å². The molecule has 0 aliphatic carbocycles. The van der Waals surface area contributed by atoms with Crippen molar-refractivity contribution >= 4 is 52.3 Å². The van der Waals surface area contributed by atoms with Crippen LogP contribution in [-0.4, -0.2) is 33.4 Å². The van der Waals surface area contributed by atoms with Crippen molar-refractivity contribution < 1.29 is 9.18 Å². The van der Waals surface area contributed by atoms with Crippen LogP contribution >= 0.6 is 24.0 Å². The summed E-state index contributed by atoms with van der Waals surface area (Å²) in [5.41, 5.74) is 1.59. The average molecular weight is 423 g/mol. The van der Waals surface area contributed by atoms with E-state index in [9.17, 15) is 9.18 Å². The second-order valence-corrected chi connectivity index (χ2v) is 7.25. The zero-order valence-electron chi connectivity index (χ0n) is 15.4. The van der Waals surface area contributed by atoms with Crippen molar-refractivity contribution in [2.45, 2.75) is 19.3 Å². The van der Waals surface area contributed by atoms with E-state index in [0.29, 0.717) is 16.4 Å². The van der Waals surface area contributed by atoms with Gasteiger partial charge in [-0.05, 0) is 43.5 Å². The Morgan fingerprint density at radius 1 is 1.21 bits per heavy atom. The van der Waals surface area contributed by atoms with Crippen molar-refractivity contribution in [2.75, 3.05) is 18.4 Å². The Balaban J connectivity index is 0.00000225. The lowest BCUT2D eigenvalue weighted by Gasteiger charge is -2.27. The molecule has 3 heterocycles. The third kappa shape index (κ3) is 3.80. The van der Waals surface area contributed by atoms with Crippen LogP contribution in [0, 0.1) is 5.82 Å². The first-order chi connectivity index (χ1) is 13.0. The lowest BCUT2D eigenvalue weighted by molar-refractivity contribution is 0.0725. The summed E-state index contributed by atoms with van der Waals surface area (Å²) in [5, 5.41) is 4.20. The maximum Gasteiger partial charge on any atom is 0.257 e. The molecule has 1 fully saturated rings. The van der Waals surface area contributed by atoms with Crippen molar-refractivity contribution in [1.29, 1.82) is 0 Å². The number of carbonyl (C=O) groups excluding carboxylic acids is 1. The van der Waals surface area contributed by atoms with Crippen LogP contribution < -0.4 is 5.32 Å². The molecule has 8 heteroatoms. The number of fused-ring (bicyclic) bond motifs is 1. The van der Waals surface area contributed by atoms with Gasteiger partial charge < -0.3 is 14.8 Å². The number of hydrogen-bond acceptors (Lipinski definition) is 3. The number of nitrogens with one attached hydrogen (secondary N) is 1. The van der Waals surface area contributed by atoms with Crippen molar-refractivity contribution in [1.82, 2.24) is 14.5 Å². The van der Waals surface area contributed by atoms with E-state index in [1.165, 1.54) is 18.2 Å². The zero-order valence-corrected chi connectivity index (χ0v) is 17.0. The van der Waals surface area contributed by atoms with Crippen LogP contribution in [0.2, 0.25) is 5.02 Å². The van der Waals surface area contributed by atoms with E-state index < -0.39 is 5.82 Å². The van der Waals surface area contributed by atoms with E-state index in [2.05, 4.69) is 10.3 Å². The number of nitrogens with zero attached hydrogens (tertiary/aromatic N) is 3. The molecule has 1 aromatic carbocycles. The minimum absolute atomic E-state index is 0. The summed E-state index contributed by atoms with van der Waals surface area (Å²) < 4.78 is 16.0. The van der Waals surface area contributed by atoms with Crippen molar-refractivity contribution in [3.8, 4) is 0 Å². The highest BCUT2D eigenvalue weighted by molar-refractivity contribution is 6.30. The number of benzene rings is 1. The monoisotopic (exact) mass is 422 g/mol.